The molecule has 0 aromatic carbocycles. The summed E-state index contributed by atoms with van der Waals surface area (Å²) in [6.07, 6.45) is 4.25. The van der Waals surface area contributed by atoms with Crippen molar-refractivity contribution in [3.8, 4) is 0 Å². The van der Waals surface area contributed by atoms with Crippen LogP contribution in [-0.2, 0) is 0 Å². The molecule has 0 radical (unpaired) electrons. The first-order chi connectivity index (χ1) is 8.74. The van der Waals surface area contributed by atoms with Crippen LogP contribution < -0.4 is 0 Å². The lowest BCUT2D eigenvalue weighted by molar-refractivity contribution is 0.224. The summed E-state index contributed by atoms with van der Waals surface area (Å²) in [5.74, 6) is 0. The molecule has 0 spiro atoms. The second-order valence-electron chi connectivity index (χ2n) is 9.38. The highest BCUT2D eigenvalue weighted by molar-refractivity contribution is 4.90. The van der Waals surface area contributed by atoms with Crippen LogP contribution in [0.1, 0.15) is 94.9 Å². The summed E-state index contributed by atoms with van der Waals surface area (Å²) in [7, 11) is 0. The molecule has 0 aromatic heterocycles. The van der Waals surface area contributed by atoms with Crippen molar-refractivity contribution in [2.45, 2.75) is 106 Å². The molecule has 0 saturated heterocycles. The quantitative estimate of drug-likeness (QED) is 0.487. The maximum atomic E-state index is 4.81. The van der Waals surface area contributed by atoms with Gasteiger partial charge in [0.15, 0.2) is 0 Å². The standard InChI is InChI=1S/C18H38N2/c1-11-17(9,13-15(3,4)5)19-20-18(10,12-2)14-16(6,7)8/h11-14H2,1-10H3. The minimum Gasteiger partial charge on any atom is -0.187 e. The summed E-state index contributed by atoms with van der Waals surface area (Å²) in [6, 6.07) is 0. The van der Waals surface area contributed by atoms with E-state index in [-0.39, 0.29) is 21.9 Å². The number of hydrogen-bond acceptors (Lipinski definition) is 2. The molecule has 2 heteroatoms. The summed E-state index contributed by atoms with van der Waals surface area (Å²) >= 11 is 0. The van der Waals surface area contributed by atoms with E-state index in [0.29, 0.717) is 0 Å². The zero-order chi connectivity index (χ0) is 16.2. The van der Waals surface area contributed by atoms with Crippen LogP contribution >= 0.6 is 0 Å². The first kappa shape index (κ1) is 19.6. The molecular weight excluding hydrogens is 244 g/mol. The Bertz CT molecular complexity index is 287. The normalized spacial score (nSPS) is 19.9. The van der Waals surface area contributed by atoms with Crippen molar-refractivity contribution < 1.29 is 0 Å². The van der Waals surface area contributed by atoms with Crippen molar-refractivity contribution in [3.63, 3.8) is 0 Å². The van der Waals surface area contributed by atoms with Gasteiger partial charge in [-0.1, -0.05) is 55.4 Å². The Morgan fingerprint density at radius 1 is 0.550 bits per heavy atom. The van der Waals surface area contributed by atoms with E-state index in [2.05, 4.69) is 69.2 Å². The van der Waals surface area contributed by atoms with Crippen molar-refractivity contribution >= 4 is 0 Å². The molecule has 0 aliphatic rings. The highest BCUT2D eigenvalue weighted by atomic mass is 15.2. The maximum absolute atomic E-state index is 4.81. The molecule has 0 aliphatic carbocycles. The van der Waals surface area contributed by atoms with Crippen LogP contribution in [0.15, 0.2) is 10.2 Å². The third-order valence-electron chi connectivity index (χ3n) is 3.88. The Labute approximate surface area is 127 Å². The topological polar surface area (TPSA) is 24.7 Å². The molecule has 2 atom stereocenters. The molecule has 2 unspecified atom stereocenters. The van der Waals surface area contributed by atoms with E-state index in [0.717, 1.165) is 25.7 Å². The van der Waals surface area contributed by atoms with E-state index in [1.165, 1.54) is 0 Å². The van der Waals surface area contributed by atoms with Crippen LogP contribution in [0.3, 0.4) is 0 Å². The van der Waals surface area contributed by atoms with E-state index in [1.807, 2.05) is 0 Å². The lowest BCUT2D eigenvalue weighted by Crippen LogP contribution is -2.31. The first-order valence-corrected chi connectivity index (χ1v) is 8.18. The van der Waals surface area contributed by atoms with Gasteiger partial charge in [0.2, 0.25) is 0 Å². The maximum Gasteiger partial charge on any atom is 0.0790 e. The Kier molecular flexibility index (Phi) is 6.44. The third-order valence-corrected chi connectivity index (χ3v) is 3.88. The highest BCUT2D eigenvalue weighted by Gasteiger charge is 2.32. The summed E-state index contributed by atoms with van der Waals surface area (Å²) in [4.78, 5) is 0. The van der Waals surface area contributed by atoms with Gasteiger partial charge in [-0.25, -0.2) is 0 Å². The van der Waals surface area contributed by atoms with Gasteiger partial charge in [-0.15, -0.1) is 0 Å². The predicted octanol–water partition coefficient (Wildman–Crippen LogP) is 6.65. The van der Waals surface area contributed by atoms with Gasteiger partial charge in [-0.2, -0.15) is 10.2 Å². The molecule has 2 nitrogen and oxygen atoms in total. The van der Waals surface area contributed by atoms with Crippen molar-refractivity contribution in [3.05, 3.63) is 0 Å². The molecule has 0 fully saturated rings. The first-order valence-electron chi connectivity index (χ1n) is 8.18. The summed E-state index contributed by atoms with van der Waals surface area (Å²) in [6.45, 7) is 22.6. The van der Waals surface area contributed by atoms with Crippen molar-refractivity contribution in [2.24, 2.45) is 21.1 Å². The van der Waals surface area contributed by atoms with Crippen molar-refractivity contribution in [1.29, 1.82) is 0 Å². The molecule has 0 aliphatic heterocycles. The van der Waals surface area contributed by atoms with Gasteiger partial charge in [-0.05, 0) is 50.4 Å². The zero-order valence-corrected chi connectivity index (χ0v) is 15.7. The van der Waals surface area contributed by atoms with Crippen LogP contribution in [0.2, 0.25) is 0 Å². The van der Waals surface area contributed by atoms with Crippen LogP contribution in [-0.4, -0.2) is 11.1 Å². The lowest BCUT2D eigenvalue weighted by atomic mass is 9.79. The summed E-state index contributed by atoms with van der Waals surface area (Å²) < 4.78 is 0. The van der Waals surface area contributed by atoms with Gasteiger partial charge in [0.05, 0.1) is 11.1 Å². The molecule has 0 amide bonds. The Balaban J connectivity index is 5.10. The third kappa shape index (κ3) is 8.01. The molecule has 0 heterocycles. The van der Waals surface area contributed by atoms with Gasteiger partial charge in [-0.3, -0.25) is 0 Å². The van der Waals surface area contributed by atoms with Crippen LogP contribution in [0.25, 0.3) is 0 Å². The number of nitrogens with zero attached hydrogens (tertiary/aromatic N) is 2. The van der Waals surface area contributed by atoms with Gasteiger partial charge < -0.3 is 0 Å². The number of hydrogen-bond donors (Lipinski definition) is 0. The van der Waals surface area contributed by atoms with Crippen LogP contribution in [0.5, 0.6) is 0 Å². The Hall–Kier alpha value is -0.400. The molecule has 0 aromatic rings. The van der Waals surface area contributed by atoms with Crippen LogP contribution in [0.4, 0.5) is 0 Å². The van der Waals surface area contributed by atoms with E-state index >= 15 is 0 Å². The molecule has 20 heavy (non-hydrogen) atoms. The fourth-order valence-corrected chi connectivity index (χ4v) is 2.99. The molecule has 0 rings (SSSR count). The van der Waals surface area contributed by atoms with Crippen molar-refractivity contribution in [1.82, 2.24) is 0 Å². The van der Waals surface area contributed by atoms with Crippen LogP contribution in [0, 0.1) is 10.8 Å². The number of azo groups is 1. The number of rotatable bonds is 6. The minimum absolute atomic E-state index is 0.0352. The SMILES string of the molecule is CCC(C)(CC(C)(C)C)N=NC(C)(CC)CC(C)(C)C. The predicted molar refractivity (Wildman–Crippen MR) is 90.4 cm³/mol. The minimum atomic E-state index is -0.0352. The second kappa shape index (κ2) is 6.58. The Morgan fingerprint density at radius 3 is 0.950 bits per heavy atom. The summed E-state index contributed by atoms with van der Waals surface area (Å²) in [5, 5.41) is 9.62. The zero-order valence-electron chi connectivity index (χ0n) is 15.7. The van der Waals surface area contributed by atoms with E-state index in [1.54, 1.807) is 0 Å². The molecule has 0 saturated carbocycles. The molecular formula is C18H38N2. The smallest absolute Gasteiger partial charge is 0.0790 e. The fraction of sp³-hybridized carbons (Fsp3) is 1.00. The fourth-order valence-electron chi connectivity index (χ4n) is 2.99. The molecule has 120 valence electrons. The molecule has 0 N–H and O–H groups in total. The van der Waals surface area contributed by atoms with E-state index in [9.17, 15) is 0 Å². The molecule has 0 bridgehead atoms. The van der Waals surface area contributed by atoms with Gasteiger partial charge in [0.1, 0.15) is 0 Å². The Morgan fingerprint density at radius 2 is 0.800 bits per heavy atom. The lowest BCUT2D eigenvalue weighted by Gasteiger charge is -2.34. The average molecular weight is 283 g/mol. The van der Waals surface area contributed by atoms with E-state index in [4.69, 9.17) is 10.2 Å². The highest BCUT2D eigenvalue weighted by Crippen LogP contribution is 2.36. The summed E-state index contributed by atoms with van der Waals surface area (Å²) in [5.41, 5.74) is 0.506. The largest absolute Gasteiger partial charge is 0.187 e. The average Bonchev–Trinajstić information content (AvgIpc) is 2.22. The monoisotopic (exact) mass is 282 g/mol. The van der Waals surface area contributed by atoms with Gasteiger partial charge in [0.25, 0.3) is 0 Å². The van der Waals surface area contributed by atoms with Crippen molar-refractivity contribution in [2.75, 3.05) is 0 Å². The van der Waals surface area contributed by atoms with Gasteiger partial charge in [0, 0.05) is 0 Å². The van der Waals surface area contributed by atoms with E-state index < -0.39 is 0 Å². The second-order valence-corrected chi connectivity index (χ2v) is 9.38. The van der Waals surface area contributed by atoms with Gasteiger partial charge >= 0.3 is 0 Å².